The van der Waals surface area contributed by atoms with Crippen LogP contribution in [0.2, 0.25) is 10.0 Å². The summed E-state index contributed by atoms with van der Waals surface area (Å²) in [6, 6.07) is 12.5. The fourth-order valence-corrected chi connectivity index (χ4v) is 3.50. The number of hydrogen-bond donors (Lipinski definition) is 0. The molecule has 2 aromatic carbocycles. The molecule has 0 unspecified atom stereocenters. The molecule has 3 rings (SSSR count). The smallest absolute Gasteiger partial charge is 0.254 e. The lowest BCUT2D eigenvalue weighted by Gasteiger charge is -2.23. The molecule has 0 aliphatic rings. The second-order valence-electron chi connectivity index (χ2n) is 6.66. The lowest BCUT2D eigenvalue weighted by atomic mass is 10.2. The zero-order valence-electron chi connectivity index (χ0n) is 16.8. The molecule has 1 amide bonds. The Morgan fingerprint density at radius 3 is 2.73 bits per heavy atom. The van der Waals surface area contributed by atoms with Crippen molar-refractivity contribution in [3.8, 4) is 5.75 Å². The van der Waals surface area contributed by atoms with E-state index >= 15 is 0 Å². The van der Waals surface area contributed by atoms with E-state index in [-0.39, 0.29) is 5.91 Å². The minimum Gasteiger partial charge on any atom is -0.497 e. The van der Waals surface area contributed by atoms with Crippen molar-refractivity contribution >= 4 is 29.1 Å². The molecule has 0 saturated heterocycles. The number of ether oxygens (including phenoxy) is 2. The summed E-state index contributed by atoms with van der Waals surface area (Å²) in [5.74, 6) is 1.25. The molecule has 0 N–H and O–H groups in total. The molecular formula is C22H23Cl2N3O3. The first-order valence-corrected chi connectivity index (χ1v) is 10.1. The molecule has 0 aliphatic carbocycles. The molecule has 0 spiro atoms. The van der Waals surface area contributed by atoms with E-state index in [0.29, 0.717) is 47.6 Å². The summed E-state index contributed by atoms with van der Waals surface area (Å²) in [5, 5.41) is 1.18. The molecule has 3 aromatic rings. The van der Waals surface area contributed by atoms with Crippen molar-refractivity contribution in [2.45, 2.75) is 13.1 Å². The summed E-state index contributed by atoms with van der Waals surface area (Å²) in [7, 11) is 3.18. The highest BCUT2D eigenvalue weighted by molar-refractivity contribution is 6.35. The number of amides is 1. The van der Waals surface area contributed by atoms with Gasteiger partial charge in [0.1, 0.15) is 11.6 Å². The highest BCUT2D eigenvalue weighted by Gasteiger charge is 2.19. The Balaban J connectivity index is 1.81. The zero-order chi connectivity index (χ0) is 21.5. The fourth-order valence-electron chi connectivity index (χ4n) is 3.03. The molecule has 0 atom stereocenters. The molecule has 0 bridgehead atoms. The average Bonchev–Trinajstić information content (AvgIpc) is 3.19. The van der Waals surface area contributed by atoms with Crippen LogP contribution in [0, 0.1) is 0 Å². The van der Waals surface area contributed by atoms with Crippen LogP contribution in [0.5, 0.6) is 5.75 Å². The number of imidazole rings is 1. The Hall–Kier alpha value is -2.54. The summed E-state index contributed by atoms with van der Waals surface area (Å²) in [6.45, 7) is 1.70. The van der Waals surface area contributed by atoms with Gasteiger partial charge >= 0.3 is 0 Å². The van der Waals surface area contributed by atoms with Crippen molar-refractivity contribution in [3.63, 3.8) is 0 Å². The van der Waals surface area contributed by atoms with E-state index in [1.807, 2.05) is 16.8 Å². The molecule has 8 heteroatoms. The van der Waals surface area contributed by atoms with Gasteiger partial charge in [-0.15, -0.1) is 0 Å². The minimum atomic E-state index is -0.120. The largest absolute Gasteiger partial charge is 0.497 e. The van der Waals surface area contributed by atoms with Gasteiger partial charge in [-0.2, -0.15) is 0 Å². The summed E-state index contributed by atoms with van der Waals surface area (Å²) >= 11 is 12.3. The molecule has 6 nitrogen and oxygen atoms in total. The Morgan fingerprint density at radius 1 is 1.17 bits per heavy atom. The molecular weight excluding hydrogens is 425 g/mol. The van der Waals surface area contributed by atoms with Gasteiger partial charge in [0.05, 0.1) is 26.8 Å². The molecule has 158 valence electrons. The van der Waals surface area contributed by atoms with Crippen molar-refractivity contribution in [2.24, 2.45) is 0 Å². The van der Waals surface area contributed by atoms with E-state index in [2.05, 4.69) is 4.98 Å². The van der Waals surface area contributed by atoms with E-state index < -0.39 is 0 Å². The third kappa shape index (κ3) is 5.53. The first kappa shape index (κ1) is 22.2. The Morgan fingerprint density at radius 2 is 2.00 bits per heavy atom. The number of benzene rings is 2. The Bertz CT molecular complexity index is 1010. The third-order valence-corrected chi connectivity index (χ3v) is 5.25. The lowest BCUT2D eigenvalue weighted by molar-refractivity contribution is 0.0673. The van der Waals surface area contributed by atoms with Gasteiger partial charge in [-0.3, -0.25) is 4.79 Å². The summed E-state index contributed by atoms with van der Waals surface area (Å²) in [4.78, 5) is 19.3. The molecule has 0 aliphatic heterocycles. The van der Waals surface area contributed by atoms with Gasteiger partial charge in [0.25, 0.3) is 5.91 Å². The second-order valence-corrected chi connectivity index (χ2v) is 7.50. The molecule has 0 saturated carbocycles. The average molecular weight is 448 g/mol. The Labute approximate surface area is 185 Å². The van der Waals surface area contributed by atoms with E-state index in [1.165, 1.54) is 0 Å². The predicted octanol–water partition coefficient (Wildman–Crippen LogP) is 4.54. The maximum atomic E-state index is 13.1. The highest BCUT2D eigenvalue weighted by atomic mass is 35.5. The molecule has 1 aromatic heterocycles. The molecule has 0 radical (unpaired) electrons. The SMILES string of the molecule is COCCN(Cc1nccn1Cc1ccc(Cl)cc1Cl)C(=O)c1cccc(OC)c1. The predicted molar refractivity (Wildman–Crippen MR) is 117 cm³/mol. The van der Waals surface area contributed by atoms with Crippen LogP contribution < -0.4 is 4.74 Å². The van der Waals surface area contributed by atoms with Crippen LogP contribution >= 0.6 is 23.2 Å². The van der Waals surface area contributed by atoms with Crippen LogP contribution in [0.4, 0.5) is 0 Å². The Kier molecular flexibility index (Phi) is 7.74. The molecule has 0 fully saturated rings. The van der Waals surface area contributed by atoms with Gasteiger partial charge in [-0.05, 0) is 35.9 Å². The van der Waals surface area contributed by atoms with Crippen molar-refractivity contribution in [3.05, 3.63) is 81.9 Å². The number of rotatable bonds is 9. The van der Waals surface area contributed by atoms with Crippen LogP contribution in [-0.2, 0) is 17.8 Å². The molecule has 1 heterocycles. The van der Waals surface area contributed by atoms with Gasteiger partial charge in [0.2, 0.25) is 0 Å². The van der Waals surface area contributed by atoms with Gasteiger partial charge in [0.15, 0.2) is 0 Å². The van der Waals surface area contributed by atoms with E-state index in [1.54, 1.807) is 61.7 Å². The monoisotopic (exact) mass is 447 g/mol. The quantitative estimate of drug-likeness (QED) is 0.483. The van der Waals surface area contributed by atoms with Gasteiger partial charge in [-0.25, -0.2) is 4.98 Å². The number of nitrogens with zero attached hydrogens (tertiary/aromatic N) is 3. The number of hydrogen-bond acceptors (Lipinski definition) is 4. The summed E-state index contributed by atoms with van der Waals surface area (Å²) in [6.07, 6.45) is 3.58. The topological polar surface area (TPSA) is 56.6 Å². The van der Waals surface area contributed by atoms with E-state index in [0.717, 1.165) is 11.4 Å². The first-order valence-electron chi connectivity index (χ1n) is 9.38. The van der Waals surface area contributed by atoms with Crippen molar-refractivity contribution in [2.75, 3.05) is 27.4 Å². The maximum Gasteiger partial charge on any atom is 0.254 e. The van der Waals surface area contributed by atoms with Crippen molar-refractivity contribution < 1.29 is 14.3 Å². The van der Waals surface area contributed by atoms with E-state index in [9.17, 15) is 4.79 Å². The number of aromatic nitrogens is 2. The van der Waals surface area contributed by atoms with Crippen molar-refractivity contribution in [1.82, 2.24) is 14.5 Å². The first-order chi connectivity index (χ1) is 14.5. The van der Waals surface area contributed by atoms with Gasteiger partial charge in [0, 0.05) is 41.7 Å². The van der Waals surface area contributed by atoms with Crippen LogP contribution in [0.15, 0.2) is 54.9 Å². The van der Waals surface area contributed by atoms with Crippen LogP contribution in [0.25, 0.3) is 0 Å². The normalized spacial score (nSPS) is 10.8. The van der Waals surface area contributed by atoms with Crippen LogP contribution in [0.3, 0.4) is 0 Å². The van der Waals surface area contributed by atoms with Gasteiger partial charge in [-0.1, -0.05) is 35.3 Å². The number of methoxy groups -OCH3 is 2. The number of carbonyl (C=O) groups is 1. The number of halogens is 2. The molecule has 30 heavy (non-hydrogen) atoms. The fraction of sp³-hybridized carbons (Fsp3) is 0.273. The van der Waals surface area contributed by atoms with E-state index in [4.69, 9.17) is 32.7 Å². The minimum absolute atomic E-state index is 0.120. The van der Waals surface area contributed by atoms with Gasteiger partial charge < -0.3 is 18.9 Å². The standard InChI is InChI=1S/C22H23Cl2N3O3/c1-29-11-10-27(22(28)16-4-3-5-19(12-16)30-2)15-21-25-8-9-26(21)14-17-6-7-18(23)13-20(17)24/h3-9,12-13H,10-11,14-15H2,1-2H3. The number of carbonyl (C=O) groups excluding carboxylic acids is 1. The van der Waals surface area contributed by atoms with Crippen molar-refractivity contribution in [1.29, 1.82) is 0 Å². The summed E-state index contributed by atoms with van der Waals surface area (Å²) in [5.41, 5.74) is 1.46. The van der Waals surface area contributed by atoms with Crippen LogP contribution in [-0.4, -0.2) is 47.7 Å². The maximum absolute atomic E-state index is 13.1. The third-order valence-electron chi connectivity index (χ3n) is 4.66. The highest BCUT2D eigenvalue weighted by Crippen LogP contribution is 2.22. The van der Waals surface area contributed by atoms with Crippen LogP contribution in [0.1, 0.15) is 21.7 Å². The zero-order valence-corrected chi connectivity index (χ0v) is 18.4. The lowest BCUT2D eigenvalue weighted by Crippen LogP contribution is -2.34. The second kappa shape index (κ2) is 10.5. The summed E-state index contributed by atoms with van der Waals surface area (Å²) < 4.78 is 12.4.